The summed E-state index contributed by atoms with van der Waals surface area (Å²) >= 11 is 0. The Morgan fingerprint density at radius 2 is 1.37 bits per heavy atom. The third-order valence-corrected chi connectivity index (χ3v) is 8.49. The minimum absolute atomic E-state index is 0.00548. The molecule has 0 spiro atoms. The van der Waals surface area contributed by atoms with Crippen LogP contribution in [0, 0.1) is 0 Å². The number of hydrogen-bond acceptors (Lipinski definition) is 3. The number of methoxy groups -OCH3 is 1. The van der Waals surface area contributed by atoms with E-state index >= 15 is 0 Å². The van der Waals surface area contributed by atoms with Gasteiger partial charge in [-0.3, -0.25) is 0 Å². The van der Waals surface area contributed by atoms with Crippen molar-refractivity contribution in [3.8, 4) is 28.0 Å². The van der Waals surface area contributed by atoms with Gasteiger partial charge < -0.3 is 14.7 Å². The van der Waals surface area contributed by atoms with E-state index in [9.17, 15) is 5.11 Å². The monoisotopic (exact) mass is 469 g/mol. The average molecular weight is 470 g/mol. The molecule has 0 aromatic heterocycles. The first-order chi connectivity index (χ1) is 16.9. The maximum atomic E-state index is 11.6. The van der Waals surface area contributed by atoms with Crippen LogP contribution >= 0.6 is 0 Å². The van der Waals surface area contributed by atoms with Gasteiger partial charge in [-0.15, -0.1) is 0 Å². The van der Waals surface area contributed by atoms with E-state index in [1.165, 1.54) is 33.4 Å². The van der Waals surface area contributed by atoms with Gasteiger partial charge in [-0.25, -0.2) is 0 Å². The third kappa shape index (κ3) is 4.09. The fraction of sp³-hybridized carbons (Fsp3) is 0.438. The molecular formula is C32H39NO2. The van der Waals surface area contributed by atoms with Crippen LogP contribution in [0.2, 0.25) is 0 Å². The van der Waals surface area contributed by atoms with Gasteiger partial charge in [0.05, 0.1) is 12.7 Å². The summed E-state index contributed by atoms with van der Waals surface area (Å²) in [6.07, 6.45) is 6.10. The molecular weight excluding hydrogens is 430 g/mol. The van der Waals surface area contributed by atoms with Gasteiger partial charge >= 0.3 is 0 Å². The molecule has 0 unspecified atom stereocenters. The van der Waals surface area contributed by atoms with E-state index in [0.717, 1.165) is 62.9 Å². The third-order valence-electron chi connectivity index (χ3n) is 8.49. The maximum absolute atomic E-state index is 11.6. The van der Waals surface area contributed by atoms with Crippen LogP contribution in [0.15, 0.2) is 60.7 Å². The van der Waals surface area contributed by atoms with Crippen LogP contribution in [0.5, 0.6) is 5.75 Å². The molecule has 0 radical (unpaired) electrons. The number of rotatable bonds is 7. The highest BCUT2D eigenvalue weighted by atomic mass is 16.5. The van der Waals surface area contributed by atoms with Gasteiger partial charge in [0.2, 0.25) is 0 Å². The van der Waals surface area contributed by atoms with Crippen LogP contribution in [0.1, 0.15) is 69.1 Å². The zero-order valence-electron chi connectivity index (χ0n) is 21.7. The molecule has 0 atom stereocenters. The van der Waals surface area contributed by atoms with Crippen LogP contribution in [0.4, 0.5) is 0 Å². The van der Waals surface area contributed by atoms with Gasteiger partial charge in [-0.05, 0) is 89.9 Å². The summed E-state index contributed by atoms with van der Waals surface area (Å²) in [5.74, 6) is 0.882. The zero-order chi connectivity index (χ0) is 24.6. The molecule has 3 nitrogen and oxygen atoms in total. The van der Waals surface area contributed by atoms with Crippen molar-refractivity contribution in [3.05, 3.63) is 77.4 Å². The molecule has 3 heteroatoms. The van der Waals surface area contributed by atoms with E-state index < -0.39 is 5.60 Å². The van der Waals surface area contributed by atoms with Crippen molar-refractivity contribution in [3.63, 3.8) is 0 Å². The molecule has 1 heterocycles. The number of ether oxygens (including phenoxy) is 1. The van der Waals surface area contributed by atoms with Crippen molar-refractivity contribution in [2.75, 3.05) is 27.2 Å². The van der Waals surface area contributed by atoms with Crippen LogP contribution in [0.25, 0.3) is 22.3 Å². The minimum atomic E-state index is -0.727. The minimum Gasteiger partial charge on any atom is -0.497 e. The number of hydrogen-bond donors (Lipinski definition) is 1. The molecule has 1 aliphatic carbocycles. The summed E-state index contributed by atoms with van der Waals surface area (Å²) in [6, 6.07) is 22.3. The summed E-state index contributed by atoms with van der Waals surface area (Å²) in [6.45, 7) is 6.48. The van der Waals surface area contributed by atoms with Crippen molar-refractivity contribution in [1.29, 1.82) is 0 Å². The highest BCUT2D eigenvalue weighted by Crippen LogP contribution is 2.55. The fourth-order valence-corrected chi connectivity index (χ4v) is 6.54. The summed E-state index contributed by atoms with van der Waals surface area (Å²) in [7, 11) is 3.86. The Labute approximate surface area is 210 Å². The van der Waals surface area contributed by atoms with Gasteiger partial charge in [0.1, 0.15) is 5.75 Å². The molecule has 1 saturated heterocycles. The molecule has 3 aromatic rings. The van der Waals surface area contributed by atoms with E-state index in [0.29, 0.717) is 0 Å². The molecule has 3 aromatic carbocycles. The van der Waals surface area contributed by atoms with Crippen molar-refractivity contribution in [2.24, 2.45) is 0 Å². The Bertz CT molecular complexity index is 1180. The predicted molar refractivity (Wildman–Crippen MR) is 145 cm³/mol. The highest BCUT2D eigenvalue weighted by Gasteiger charge is 2.43. The number of nitrogens with zero attached hydrogens (tertiary/aromatic N) is 1. The van der Waals surface area contributed by atoms with E-state index in [4.69, 9.17) is 4.74 Å². The number of piperidine rings is 1. The van der Waals surface area contributed by atoms with E-state index in [1.807, 2.05) is 12.1 Å². The van der Waals surface area contributed by atoms with Gasteiger partial charge in [0, 0.05) is 18.5 Å². The zero-order valence-corrected chi connectivity index (χ0v) is 21.7. The average Bonchev–Trinajstić information content (AvgIpc) is 3.15. The molecule has 0 amide bonds. The molecule has 1 fully saturated rings. The molecule has 35 heavy (non-hydrogen) atoms. The molecule has 0 saturated carbocycles. The Balaban J connectivity index is 1.63. The van der Waals surface area contributed by atoms with E-state index in [-0.39, 0.29) is 5.41 Å². The molecule has 2 aliphatic rings. The Morgan fingerprint density at radius 1 is 0.800 bits per heavy atom. The second-order valence-electron chi connectivity index (χ2n) is 10.7. The van der Waals surface area contributed by atoms with Gasteiger partial charge in [-0.2, -0.15) is 0 Å². The van der Waals surface area contributed by atoms with Crippen molar-refractivity contribution >= 4 is 0 Å². The van der Waals surface area contributed by atoms with Gasteiger partial charge in [-0.1, -0.05) is 69.2 Å². The Kier molecular flexibility index (Phi) is 6.50. The number of aliphatic hydroxyl groups is 1. The largest absolute Gasteiger partial charge is 0.497 e. The summed E-state index contributed by atoms with van der Waals surface area (Å²) < 4.78 is 5.37. The quantitative estimate of drug-likeness (QED) is 0.399. The number of likely N-dealkylation sites (tertiary alicyclic amines) is 1. The highest BCUT2D eigenvalue weighted by molar-refractivity contribution is 5.84. The first-order valence-corrected chi connectivity index (χ1v) is 13.3. The summed E-state index contributed by atoms with van der Waals surface area (Å²) in [5, 5.41) is 11.6. The van der Waals surface area contributed by atoms with Crippen LogP contribution < -0.4 is 4.74 Å². The first kappa shape index (κ1) is 24.1. The van der Waals surface area contributed by atoms with Crippen molar-refractivity contribution < 1.29 is 9.84 Å². The lowest BCUT2D eigenvalue weighted by molar-refractivity contribution is -0.0203. The fourth-order valence-electron chi connectivity index (χ4n) is 6.54. The van der Waals surface area contributed by atoms with Crippen LogP contribution in [-0.2, 0) is 11.0 Å². The van der Waals surface area contributed by atoms with Crippen LogP contribution in [0.3, 0.4) is 0 Å². The Morgan fingerprint density at radius 3 is 1.97 bits per heavy atom. The predicted octanol–water partition coefficient (Wildman–Crippen LogP) is 7.14. The maximum Gasteiger partial charge on any atom is 0.118 e. The first-order valence-electron chi connectivity index (χ1n) is 13.3. The lowest BCUT2D eigenvalue weighted by atomic mass is 9.70. The normalized spacial score (nSPS) is 18.2. The van der Waals surface area contributed by atoms with Gasteiger partial charge in [0.25, 0.3) is 0 Å². The molecule has 5 rings (SSSR count). The number of fused-ring (bicyclic) bond motifs is 3. The molecule has 1 N–H and O–H groups in total. The lowest BCUT2D eigenvalue weighted by Gasteiger charge is -2.38. The Hall–Kier alpha value is -2.62. The van der Waals surface area contributed by atoms with Crippen molar-refractivity contribution in [1.82, 2.24) is 4.90 Å². The van der Waals surface area contributed by atoms with Gasteiger partial charge in [0.15, 0.2) is 0 Å². The standard InChI is InChI=1S/C32H39NO2/c1-5-15-31(16-6-2)29-21-24(23-7-11-26(35-4)12-8-23)9-13-27(29)28-14-10-25(22-30(28)31)32(34)17-19-33(3)20-18-32/h7-14,21-22,34H,5-6,15-20H2,1-4H3. The molecule has 184 valence electrons. The second kappa shape index (κ2) is 9.44. The second-order valence-corrected chi connectivity index (χ2v) is 10.7. The van der Waals surface area contributed by atoms with E-state index in [2.05, 4.69) is 74.3 Å². The lowest BCUT2D eigenvalue weighted by Crippen LogP contribution is -2.40. The molecule has 0 bridgehead atoms. The van der Waals surface area contributed by atoms with Crippen molar-refractivity contribution in [2.45, 2.75) is 63.4 Å². The summed E-state index contributed by atoms with van der Waals surface area (Å²) in [4.78, 5) is 2.32. The van der Waals surface area contributed by atoms with E-state index in [1.54, 1.807) is 7.11 Å². The topological polar surface area (TPSA) is 32.7 Å². The SMILES string of the molecule is CCCC1(CCC)c2cc(-c3ccc(OC)cc3)ccc2-c2ccc(C3(O)CCN(C)CC3)cc21. The summed E-state index contributed by atoms with van der Waals surface area (Å²) in [5.41, 5.74) is 8.43. The number of benzene rings is 3. The molecule has 1 aliphatic heterocycles. The van der Waals surface area contributed by atoms with Crippen LogP contribution in [-0.4, -0.2) is 37.3 Å². The smallest absolute Gasteiger partial charge is 0.118 e.